The van der Waals surface area contributed by atoms with Gasteiger partial charge in [0.25, 0.3) is 5.91 Å². The molecule has 5 rings (SSSR count). The first-order valence-corrected chi connectivity index (χ1v) is 11.8. The predicted molar refractivity (Wildman–Crippen MR) is 134 cm³/mol. The Balaban J connectivity index is 1.37. The van der Waals surface area contributed by atoms with Gasteiger partial charge in [-0.25, -0.2) is 9.18 Å². The van der Waals surface area contributed by atoms with E-state index in [0.29, 0.717) is 22.5 Å². The van der Waals surface area contributed by atoms with E-state index in [1.165, 1.54) is 29.4 Å². The van der Waals surface area contributed by atoms with Crippen molar-refractivity contribution in [1.29, 1.82) is 0 Å². The summed E-state index contributed by atoms with van der Waals surface area (Å²) in [5, 5.41) is 5.54. The van der Waals surface area contributed by atoms with Crippen LogP contribution in [0.3, 0.4) is 0 Å². The Morgan fingerprint density at radius 2 is 1.84 bits per heavy atom. The quantitative estimate of drug-likeness (QED) is 0.359. The van der Waals surface area contributed by atoms with E-state index >= 15 is 0 Å². The van der Waals surface area contributed by atoms with Crippen LogP contribution in [0.15, 0.2) is 95.7 Å². The molecule has 1 fully saturated rings. The molecule has 9 nitrogen and oxygen atoms in total. The molecule has 2 aromatic heterocycles. The number of hydrogen-bond acceptors (Lipinski definition) is 6. The minimum Gasteiger partial charge on any atom is -0.459 e. The molecule has 3 heterocycles. The van der Waals surface area contributed by atoms with Crippen molar-refractivity contribution in [3.8, 4) is 0 Å². The van der Waals surface area contributed by atoms with Crippen LogP contribution in [0, 0.1) is 5.82 Å². The number of hydrogen-bond donors (Lipinski definition) is 2. The van der Waals surface area contributed by atoms with E-state index in [-0.39, 0.29) is 18.8 Å². The van der Waals surface area contributed by atoms with Crippen molar-refractivity contribution < 1.29 is 27.9 Å². The number of nitrogens with zero attached hydrogens (tertiary/aromatic N) is 2. The molecule has 2 atom stereocenters. The molecule has 3 amide bonds. The Bertz CT molecular complexity index is 1430. The summed E-state index contributed by atoms with van der Waals surface area (Å²) >= 11 is 0. The molecule has 0 radical (unpaired) electrons. The van der Waals surface area contributed by atoms with E-state index in [4.69, 9.17) is 9.15 Å². The molecule has 0 spiro atoms. The van der Waals surface area contributed by atoms with E-state index in [2.05, 4.69) is 15.6 Å². The van der Waals surface area contributed by atoms with Crippen molar-refractivity contribution in [2.75, 3.05) is 5.32 Å². The third-order valence-corrected chi connectivity index (χ3v) is 6.01. The Morgan fingerprint density at radius 1 is 1.00 bits per heavy atom. The number of benzene rings is 2. The van der Waals surface area contributed by atoms with E-state index in [9.17, 15) is 18.8 Å². The number of rotatable bonds is 8. The number of anilines is 1. The lowest BCUT2D eigenvalue weighted by atomic mass is 10.00. The van der Waals surface area contributed by atoms with Gasteiger partial charge in [-0.2, -0.15) is 0 Å². The van der Waals surface area contributed by atoms with Crippen LogP contribution in [0.4, 0.5) is 14.9 Å². The van der Waals surface area contributed by atoms with E-state index in [0.717, 1.165) is 0 Å². The van der Waals surface area contributed by atoms with Crippen LogP contribution < -0.4 is 10.6 Å². The summed E-state index contributed by atoms with van der Waals surface area (Å²) in [4.78, 5) is 44.1. The van der Waals surface area contributed by atoms with Gasteiger partial charge in [-0.3, -0.25) is 19.5 Å². The van der Waals surface area contributed by atoms with Gasteiger partial charge < -0.3 is 19.8 Å². The minimum atomic E-state index is -1.03. The molecular weight excluding hydrogens is 491 g/mol. The molecule has 1 aliphatic heterocycles. The molecule has 1 aliphatic rings. The molecule has 192 valence electrons. The van der Waals surface area contributed by atoms with Crippen molar-refractivity contribution >= 4 is 23.6 Å². The van der Waals surface area contributed by atoms with Crippen molar-refractivity contribution in [2.45, 2.75) is 25.2 Å². The lowest BCUT2D eigenvalue weighted by molar-refractivity contribution is -0.126. The highest BCUT2D eigenvalue weighted by molar-refractivity contribution is 6.02. The Kier molecular flexibility index (Phi) is 7.12. The molecule has 4 aromatic rings. The largest absolute Gasteiger partial charge is 0.459 e. The van der Waals surface area contributed by atoms with E-state index in [1.807, 2.05) is 6.07 Å². The maximum Gasteiger partial charge on any atom is 0.411 e. The first-order valence-electron chi connectivity index (χ1n) is 11.8. The maximum absolute atomic E-state index is 13.8. The van der Waals surface area contributed by atoms with Crippen molar-refractivity contribution in [2.24, 2.45) is 0 Å². The number of amides is 3. The maximum atomic E-state index is 13.8. The highest BCUT2D eigenvalue weighted by Crippen LogP contribution is 2.34. The zero-order valence-corrected chi connectivity index (χ0v) is 20.0. The fourth-order valence-corrected chi connectivity index (χ4v) is 4.18. The Morgan fingerprint density at radius 3 is 2.55 bits per heavy atom. The van der Waals surface area contributed by atoms with Crippen LogP contribution in [0.25, 0.3) is 0 Å². The number of carbonyl (C=O) groups is 3. The fraction of sp³-hybridized carbons (Fsp3) is 0.143. The highest BCUT2D eigenvalue weighted by Gasteiger charge is 2.47. The third kappa shape index (κ3) is 5.54. The van der Waals surface area contributed by atoms with Gasteiger partial charge in [-0.15, -0.1) is 0 Å². The van der Waals surface area contributed by atoms with Crippen LogP contribution >= 0.6 is 0 Å². The molecule has 0 bridgehead atoms. The van der Waals surface area contributed by atoms with Crippen molar-refractivity contribution in [3.63, 3.8) is 0 Å². The lowest BCUT2D eigenvalue weighted by Crippen LogP contribution is -2.46. The van der Waals surface area contributed by atoms with Gasteiger partial charge >= 0.3 is 6.09 Å². The van der Waals surface area contributed by atoms with Gasteiger partial charge in [-0.05, 0) is 59.7 Å². The number of carbonyl (C=O) groups excluding carboxylic acids is 3. The second-order valence-electron chi connectivity index (χ2n) is 8.60. The molecule has 38 heavy (non-hydrogen) atoms. The summed E-state index contributed by atoms with van der Waals surface area (Å²) in [6, 6.07) is 19.9. The van der Waals surface area contributed by atoms with Gasteiger partial charge in [0.05, 0.1) is 25.0 Å². The molecule has 2 N–H and O–H groups in total. The van der Waals surface area contributed by atoms with Crippen LogP contribution in [0.1, 0.15) is 33.5 Å². The first-order chi connectivity index (χ1) is 18.5. The number of ether oxygens (including phenoxy) is 1. The number of aromatic nitrogens is 1. The summed E-state index contributed by atoms with van der Waals surface area (Å²) in [7, 11) is 0. The highest BCUT2D eigenvalue weighted by atomic mass is 19.1. The number of cyclic esters (lactones) is 1. The minimum absolute atomic E-state index is 0.0218. The third-order valence-electron chi connectivity index (χ3n) is 6.01. The van der Waals surface area contributed by atoms with Crippen LogP contribution in [-0.4, -0.2) is 33.8 Å². The fourth-order valence-electron chi connectivity index (χ4n) is 4.18. The predicted octanol–water partition coefficient (Wildman–Crippen LogP) is 4.44. The zero-order valence-electron chi connectivity index (χ0n) is 20.0. The van der Waals surface area contributed by atoms with Gasteiger partial charge in [0.2, 0.25) is 5.91 Å². The zero-order chi connectivity index (χ0) is 26.5. The second-order valence-corrected chi connectivity index (χ2v) is 8.60. The average Bonchev–Trinajstić information content (AvgIpc) is 3.57. The summed E-state index contributed by atoms with van der Waals surface area (Å²) in [6.45, 7) is 0.134. The summed E-state index contributed by atoms with van der Waals surface area (Å²) in [6.07, 6.45) is 1.39. The van der Waals surface area contributed by atoms with Crippen LogP contribution in [0.5, 0.6) is 0 Å². The molecule has 0 aliphatic carbocycles. The van der Waals surface area contributed by atoms with E-state index < -0.39 is 35.9 Å². The number of furan rings is 1. The Labute approximate surface area is 217 Å². The standard InChI is InChI=1S/C28H23FN4O5/c29-20-6-3-5-18(15-20)17-33-24(27(35)31-16-22-7-1-2-13-30-22)25(38-28(33)36)19-9-11-21(12-10-19)32-26(34)23-8-4-14-37-23/h1-15,24-25H,16-17H2,(H,31,35)(H,32,34). The number of halogens is 1. The molecule has 10 heteroatoms. The van der Waals surface area contributed by atoms with Crippen LogP contribution in [-0.2, 0) is 22.6 Å². The molecule has 2 aromatic carbocycles. The topological polar surface area (TPSA) is 114 Å². The second kappa shape index (κ2) is 11.0. The normalized spacial score (nSPS) is 16.7. The molecule has 0 saturated carbocycles. The van der Waals surface area contributed by atoms with Gasteiger partial charge in [-0.1, -0.05) is 30.3 Å². The van der Waals surface area contributed by atoms with Gasteiger partial charge in [0, 0.05) is 11.9 Å². The smallest absolute Gasteiger partial charge is 0.411 e. The lowest BCUT2D eigenvalue weighted by Gasteiger charge is -2.24. The molecule has 2 unspecified atom stereocenters. The summed E-state index contributed by atoms with van der Waals surface area (Å²) in [5.74, 6) is -1.15. The number of nitrogens with one attached hydrogen (secondary N) is 2. The van der Waals surface area contributed by atoms with Gasteiger partial charge in [0.1, 0.15) is 5.82 Å². The first kappa shape index (κ1) is 24.7. The summed E-state index contributed by atoms with van der Waals surface area (Å²) in [5.41, 5.74) is 2.21. The Hall–Kier alpha value is -4.99. The monoisotopic (exact) mass is 514 g/mol. The average molecular weight is 515 g/mol. The van der Waals surface area contributed by atoms with E-state index in [1.54, 1.807) is 60.8 Å². The van der Waals surface area contributed by atoms with Crippen LogP contribution in [0.2, 0.25) is 0 Å². The SMILES string of the molecule is O=C(Nc1ccc(C2OC(=O)N(Cc3cccc(F)c3)C2C(=O)NCc2ccccn2)cc1)c1ccco1. The van der Waals surface area contributed by atoms with Gasteiger partial charge in [0.15, 0.2) is 17.9 Å². The molecular formula is C28H23FN4O5. The van der Waals surface area contributed by atoms with Crippen molar-refractivity contribution in [3.05, 3.63) is 120 Å². The van der Waals surface area contributed by atoms with Crippen molar-refractivity contribution in [1.82, 2.24) is 15.2 Å². The molecule has 1 saturated heterocycles. The number of pyridine rings is 1. The summed E-state index contributed by atoms with van der Waals surface area (Å²) < 4.78 is 24.5.